The van der Waals surface area contributed by atoms with Gasteiger partial charge in [-0.15, -0.1) is 0 Å². The Morgan fingerprint density at radius 1 is 1.36 bits per heavy atom. The van der Waals surface area contributed by atoms with E-state index in [-0.39, 0.29) is 11.7 Å². The first kappa shape index (κ1) is 15.5. The van der Waals surface area contributed by atoms with Crippen LogP contribution in [0.5, 0.6) is 0 Å². The van der Waals surface area contributed by atoms with Crippen LogP contribution in [-0.4, -0.2) is 37.5 Å². The van der Waals surface area contributed by atoms with Crippen LogP contribution >= 0.6 is 0 Å². The maximum Gasteiger partial charge on any atom is 0.233 e. The minimum absolute atomic E-state index is 0.215. The summed E-state index contributed by atoms with van der Waals surface area (Å²) in [5.41, 5.74) is 0.402. The van der Waals surface area contributed by atoms with Crippen LogP contribution in [-0.2, 0) is 10.2 Å². The van der Waals surface area contributed by atoms with Crippen LogP contribution in [0.15, 0.2) is 24.3 Å². The molecule has 0 radical (unpaired) electrons. The SMILES string of the molecule is CNCC1CCN(C(=O)C2(c3cccc(F)c3)CCC2)CC1. The van der Waals surface area contributed by atoms with Crippen LogP contribution in [0.1, 0.15) is 37.7 Å². The first-order valence-corrected chi connectivity index (χ1v) is 8.36. The quantitative estimate of drug-likeness (QED) is 0.927. The van der Waals surface area contributed by atoms with Gasteiger partial charge in [-0.05, 0) is 62.9 Å². The third-order valence-corrected chi connectivity index (χ3v) is 5.39. The largest absolute Gasteiger partial charge is 0.342 e. The van der Waals surface area contributed by atoms with Crippen LogP contribution in [0.4, 0.5) is 4.39 Å². The van der Waals surface area contributed by atoms with Crippen molar-refractivity contribution in [3.05, 3.63) is 35.6 Å². The average molecular weight is 304 g/mol. The molecule has 1 amide bonds. The van der Waals surface area contributed by atoms with Crippen molar-refractivity contribution in [2.75, 3.05) is 26.7 Å². The molecule has 2 fully saturated rings. The van der Waals surface area contributed by atoms with E-state index in [4.69, 9.17) is 0 Å². The normalized spacial score (nSPS) is 21.5. The fraction of sp³-hybridized carbons (Fsp3) is 0.611. The molecule has 1 aromatic carbocycles. The zero-order valence-corrected chi connectivity index (χ0v) is 13.3. The summed E-state index contributed by atoms with van der Waals surface area (Å²) in [5, 5.41) is 3.22. The Hall–Kier alpha value is -1.42. The summed E-state index contributed by atoms with van der Waals surface area (Å²) in [6.07, 6.45) is 4.88. The lowest BCUT2D eigenvalue weighted by atomic mass is 9.63. The molecule has 0 spiro atoms. The summed E-state index contributed by atoms with van der Waals surface area (Å²) in [7, 11) is 1.98. The molecule has 3 rings (SSSR count). The molecular formula is C18H25FN2O. The highest BCUT2D eigenvalue weighted by molar-refractivity contribution is 5.89. The van der Waals surface area contributed by atoms with Crippen LogP contribution in [0, 0.1) is 11.7 Å². The molecule has 0 bridgehead atoms. The van der Waals surface area contributed by atoms with Gasteiger partial charge in [-0.2, -0.15) is 0 Å². The number of amides is 1. The van der Waals surface area contributed by atoms with Crippen molar-refractivity contribution in [3.63, 3.8) is 0 Å². The standard InChI is InChI=1S/C18H25FN2O/c1-20-13-14-6-10-21(11-7-14)17(22)18(8-3-9-18)15-4-2-5-16(19)12-15/h2,4-5,12,14,20H,3,6-11,13H2,1H3. The van der Waals surface area contributed by atoms with Crippen molar-refractivity contribution < 1.29 is 9.18 Å². The number of hydrogen-bond donors (Lipinski definition) is 1. The number of nitrogens with zero attached hydrogens (tertiary/aromatic N) is 1. The van der Waals surface area contributed by atoms with E-state index in [0.717, 1.165) is 57.3 Å². The van der Waals surface area contributed by atoms with Crippen molar-refractivity contribution >= 4 is 5.91 Å². The van der Waals surface area contributed by atoms with Crippen LogP contribution < -0.4 is 5.32 Å². The Labute approximate surface area is 131 Å². The number of halogens is 1. The van der Waals surface area contributed by atoms with Crippen molar-refractivity contribution in [2.24, 2.45) is 5.92 Å². The average Bonchev–Trinajstić information content (AvgIpc) is 2.47. The van der Waals surface area contributed by atoms with E-state index >= 15 is 0 Å². The van der Waals surface area contributed by atoms with Gasteiger partial charge in [0, 0.05) is 13.1 Å². The number of carbonyl (C=O) groups is 1. The molecule has 120 valence electrons. The highest BCUT2D eigenvalue weighted by atomic mass is 19.1. The van der Waals surface area contributed by atoms with Gasteiger partial charge in [0.05, 0.1) is 5.41 Å². The first-order valence-electron chi connectivity index (χ1n) is 8.36. The van der Waals surface area contributed by atoms with Gasteiger partial charge in [0.1, 0.15) is 5.82 Å². The molecule has 22 heavy (non-hydrogen) atoms. The van der Waals surface area contributed by atoms with E-state index in [1.807, 2.05) is 18.0 Å². The molecule has 0 unspecified atom stereocenters. The van der Waals surface area contributed by atoms with Gasteiger partial charge >= 0.3 is 0 Å². The van der Waals surface area contributed by atoms with E-state index in [9.17, 15) is 9.18 Å². The number of nitrogens with one attached hydrogen (secondary N) is 1. The first-order chi connectivity index (χ1) is 10.7. The molecule has 1 N–H and O–H groups in total. The van der Waals surface area contributed by atoms with E-state index in [0.29, 0.717) is 5.92 Å². The Kier molecular flexibility index (Phi) is 4.48. The second-order valence-corrected chi connectivity index (χ2v) is 6.74. The number of piperidine rings is 1. The Bertz CT molecular complexity index is 534. The van der Waals surface area contributed by atoms with Gasteiger partial charge in [-0.3, -0.25) is 4.79 Å². The third-order valence-electron chi connectivity index (χ3n) is 5.39. The molecule has 1 aliphatic heterocycles. The molecule has 4 heteroatoms. The molecule has 2 aliphatic rings. The topological polar surface area (TPSA) is 32.3 Å². The smallest absolute Gasteiger partial charge is 0.233 e. The number of benzene rings is 1. The zero-order valence-electron chi connectivity index (χ0n) is 13.3. The molecule has 1 heterocycles. The fourth-order valence-electron chi connectivity index (χ4n) is 3.87. The van der Waals surface area contributed by atoms with Gasteiger partial charge in [0.2, 0.25) is 5.91 Å². The van der Waals surface area contributed by atoms with E-state index in [1.54, 1.807) is 12.1 Å². The fourth-order valence-corrected chi connectivity index (χ4v) is 3.87. The lowest BCUT2D eigenvalue weighted by Crippen LogP contribution is -2.53. The minimum Gasteiger partial charge on any atom is -0.342 e. The molecule has 0 atom stereocenters. The molecule has 0 aromatic heterocycles. The predicted octanol–water partition coefficient (Wildman–Crippen LogP) is 2.71. The zero-order chi connectivity index (χ0) is 15.6. The molecule has 1 aliphatic carbocycles. The number of likely N-dealkylation sites (tertiary alicyclic amines) is 1. The Balaban J connectivity index is 1.73. The summed E-state index contributed by atoms with van der Waals surface area (Å²) in [4.78, 5) is 15.1. The molecule has 3 nitrogen and oxygen atoms in total. The van der Waals surface area contributed by atoms with Gasteiger partial charge in [0.15, 0.2) is 0 Å². The van der Waals surface area contributed by atoms with Crippen molar-refractivity contribution in [2.45, 2.75) is 37.5 Å². The molecule has 1 saturated heterocycles. The summed E-state index contributed by atoms with van der Waals surface area (Å²) in [5.74, 6) is 0.636. The van der Waals surface area contributed by atoms with E-state index < -0.39 is 5.41 Å². The van der Waals surface area contributed by atoms with Gasteiger partial charge in [-0.25, -0.2) is 4.39 Å². The summed E-state index contributed by atoms with van der Waals surface area (Å²) in [6, 6.07) is 6.62. The van der Waals surface area contributed by atoms with Crippen LogP contribution in [0.3, 0.4) is 0 Å². The third kappa shape index (κ3) is 2.76. The van der Waals surface area contributed by atoms with Crippen molar-refractivity contribution in [1.82, 2.24) is 10.2 Å². The lowest BCUT2D eigenvalue weighted by molar-refractivity contribution is -0.142. The highest BCUT2D eigenvalue weighted by Crippen LogP contribution is 2.45. The van der Waals surface area contributed by atoms with Gasteiger partial charge in [-0.1, -0.05) is 18.6 Å². The second kappa shape index (κ2) is 6.37. The monoisotopic (exact) mass is 304 g/mol. The molecule has 1 saturated carbocycles. The Morgan fingerprint density at radius 2 is 2.09 bits per heavy atom. The van der Waals surface area contributed by atoms with Crippen molar-refractivity contribution in [1.29, 1.82) is 0 Å². The highest BCUT2D eigenvalue weighted by Gasteiger charge is 2.48. The summed E-state index contributed by atoms with van der Waals surface area (Å²) < 4.78 is 13.6. The van der Waals surface area contributed by atoms with E-state index in [1.165, 1.54) is 6.07 Å². The van der Waals surface area contributed by atoms with Crippen LogP contribution in [0.2, 0.25) is 0 Å². The van der Waals surface area contributed by atoms with Crippen molar-refractivity contribution in [3.8, 4) is 0 Å². The number of hydrogen-bond acceptors (Lipinski definition) is 2. The molecule has 1 aromatic rings. The maximum atomic E-state index is 13.6. The Morgan fingerprint density at radius 3 is 2.64 bits per heavy atom. The van der Waals surface area contributed by atoms with Crippen LogP contribution in [0.25, 0.3) is 0 Å². The summed E-state index contributed by atoms with van der Waals surface area (Å²) >= 11 is 0. The maximum absolute atomic E-state index is 13.6. The predicted molar refractivity (Wildman–Crippen MR) is 85.2 cm³/mol. The van der Waals surface area contributed by atoms with E-state index in [2.05, 4.69) is 5.32 Å². The minimum atomic E-state index is -0.460. The van der Waals surface area contributed by atoms with Gasteiger partial charge in [0.25, 0.3) is 0 Å². The summed E-state index contributed by atoms with van der Waals surface area (Å²) in [6.45, 7) is 2.70. The lowest BCUT2D eigenvalue weighted by Gasteiger charge is -2.45. The van der Waals surface area contributed by atoms with Gasteiger partial charge < -0.3 is 10.2 Å². The number of carbonyl (C=O) groups excluding carboxylic acids is 1. The number of rotatable bonds is 4. The second-order valence-electron chi connectivity index (χ2n) is 6.74. The molecular weight excluding hydrogens is 279 g/mol.